The van der Waals surface area contributed by atoms with Gasteiger partial charge in [0, 0.05) is 43.8 Å². The summed E-state index contributed by atoms with van der Waals surface area (Å²) < 4.78 is 36.2. The highest BCUT2D eigenvalue weighted by molar-refractivity contribution is 7.92. The minimum absolute atomic E-state index is 0.201. The van der Waals surface area contributed by atoms with E-state index in [2.05, 4.69) is 19.6 Å². The first-order chi connectivity index (χ1) is 14.9. The summed E-state index contributed by atoms with van der Waals surface area (Å²) in [6, 6.07) is 12.0. The summed E-state index contributed by atoms with van der Waals surface area (Å²) in [5.74, 6) is 0.598. The third-order valence-corrected chi connectivity index (χ3v) is 6.76. The number of benzene rings is 1. The van der Waals surface area contributed by atoms with Crippen molar-refractivity contribution in [3.8, 4) is 17.0 Å². The average molecular weight is 436 g/mol. The molecule has 1 aromatic carbocycles. The van der Waals surface area contributed by atoms with Gasteiger partial charge in [-0.3, -0.25) is 4.72 Å². The molecular formula is C22H21N5O3S. The number of sulfonamides is 1. The first-order valence-corrected chi connectivity index (χ1v) is 11.3. The number of aryl methyl sites for hydroxylation is 1. The number of ether oxygens (including phenoxy) is 1. The Morgan fingerprint density at radius 1 is 1.10 bits per heavy atom. The van der Waals surface area contributed by atoms with Gasteiger partial charge in [-0.1, -0.05) is 18.2 Å². The molecule has 9 heteroatoms. The van der Waals surface area contributed by atoms with E-state index in [4.69, 9.17) is 4.74 Å². The molecule has 0 bridgehead atoms. The fraction of sp³-hybridized carbons (Fsp3) is 0.182. The second-order valence-electron chi connectivity index (χ2n) is 7.45. The van der Waals surface area contributed by atoms with Crippen LogP contribution in [0.2, 0.25) is 0 Å². The van der Waals surface area contributed by atoms with Crippen LogP contribution in [0.15, 0.2) is 66.0 Å². The van der Waals surface area contributed by atoms with E-state index in [1.165, 1.54) is 0 Å². The fourth-order valence-electron chi connectivity index (χ4n) is 3.78. The van der Waals surface area contributed by atoms with Gasteiger partial charge in [-0.15, -0.1) is 0 Å². The molecule has 0 fully saturated rings. The van der Waals surface area contributed by atoms with Crippen molar-refractivity contribution in [1.82, 2.24) is 14.5 Å². The number of hydrogen-bond donors (Lipinski definition) is 1. The quantitative estimate of drug-likeness (QED) is 0.529. The molecule has 0 atom stereocenters. The normalized spacial score (nSPS) is 13.7. The molecule has 1 aliphatic heterocycles. The summed E-state index contributed by atoms with van der Waals surface area (Å²) in [5, 5.41) is 0.714. The average Bonchev–Trinajstić information content (AvgIpc) is 3.12. The summed E-state index contributed by atoms with van der Waals surface area (Å²) in [5.41, 5.74) is 3.73. The monoisotopic (exact) mass is 435 g/mol. The molecule has 0 aliphatic carbocycles. The number of rotatable bonds is 4. The van der Waals surface area contributed by atoms with Crippen molar-refractivity contribution in [2.24, 2.45) is 7.05 Å². The highest BCUT2D eigenvalue weighted by atomic mass is 32.2. The lowest BCUT2D eigenvalue weighted by molar-refractivity contribution is 0.299. The summed E-state index contributed by atoms with van der Waals surface area (Å²) in [6.45, 7) is 1.37. The van der Waals surface area contributed by atoms with Crippen LogP contribution in [0.5, 0.6) is 5.88 Å². The highest BCUT2D eigenvalue weighted by Crippen LogP contribution is 2.38. The van der Waals surface area contributed by atoms with Gasteiger partial charge in [-0.2, -0.15) is 0 Å². The van der Waals surface area contributed by atoms with E-state index in [1.807, 2.05) is 30.9 Å². The zero-order chi connectivity index (χ0) is 21.6. The van der Waals surface area contributed by atoms with Crippen molar-refractivity contribution in [3.05, 3.63) is 61.1 Å². The maximum Gasteiger partial charge on any atom is 0.261 e. The topological polar surface area (TPSA) is 89.3 Å². The van der Waals surface area contributed by atoms with Gasteiger partial charge >= 0.3 is 0 Å². The molecule has 0 amide bonds. The van der Waals surface area contributed by atoms with Gasteiger partial charge in [0.25, 0.3) is 10.0 Å². The number of hydrogen-bond acceptors (Lipinski definition) is 6. The molecule has 5 rings (SSSR count). The van der Waals surface area contributed by atoms with Crippen LogP contribution in [0.25, 0.3) is 22.2 Å². The molecule has 0 saturated carbocycles. The van der Waals surface area contributed by atoms with Gasteiger partial charge in [0.15, 0.2) is 0 Å². The maximum atomic E-state index is 13.0. The van der Waals surface area contributed by atoms with E-state index >= 15 is 0 Å². The van der Waals surface area contributed by atoms with Crippen LogP contribution >= 0.6 is 0 Å². The van der Waals surface area contributed by atoms with Crippen molar-refractivity contribution in [2.45, 2.75) is 4.90 Å². The molecular weight excluding hydrogens is 414 g/mol. The van der Waals surface area contributed by atoms with Gasteiger partial charge in [0.1, 0.15) is 17.9 Å². The molecule has 158 valence electrons. The molecule has 0 spiro atoms. The van der Waals surface area contributed by atoms with Crippen LogP contribution in [-0.4, -0.2) is 43.2 Å². The van der Waals surface area contributed by atoms with Crippen molar-refractivity contribution >= 4 is 32.4 Å². The van der Waals surface area contributed by atoms with Crippen molar-refractivity contribution in [3.63, 3.8) is 0 Å². The van der Waals surface area contributed by atoms with E-state index in [1.54, 1.807) is 48.8 Å². The van der Waals surface area contributed by atoms with E-state index < -0.39 is 10.0 Å². The highest BCUT2D eigenvalue weighted by Gasteiger charge is 2.22. The third-order valence-electron chi connectivity index (χ3n) is 5.37. The lowest BCUT2D eigenvalue weighted by Crippen LogP contribution is -2.29. The minimum atomic E-state index is -3.75. The predicted molar refractivity (Wildman–Crippen MR) is 120 cm³/mol. The first kappa shape index (κ1) is 19.4. The van der Waals surface area contributed by atoms with Crippen LogP contribution in [-0.2, 0) is 17.1 Å². The Kier molecular flexibility index (Phi) is 4.55. The fourth-order valence-corrected chi connectivity index (χ4v) is 4.88. The molecule has 0 unspecified atom stereocenters. The number of likely N-dealkylation sites (N-methyl/N-ethyl adjacent to an activating group) is 1. The van der Waals surface area contributed by atoms with Crippen molar-refractivity contribution in [2.75, 3.05) is 29.8 Å². The van der Waals surface area contributed by atoms with Crippen LogP contribution in [0, 0.1) is 0 Å². The second kappa shape index (κ2) is 7.28. The largest absolute Gasteiger partial charge is 0.474 e. The molecule has 4 heterocycles. The minimum Gasteiger partial charge on any atom is -0.474 e. The summed E-state index contributed by atoms with van der Waals surface area (Å²) in [7, 11) is 0.133. The summed E-state index contributed by atoms with van der Waals surface area (Å²) in [6.07, 6.45) is 5.28. The smallest absolute Gasteiger partial charge is 0.261 e. The SMILES string of the molecule is CN1CCOc2ncc(-c3cn(C)c4nccc(NS(=O)(=O)c5ccccc5)c34)cc21. The Labute approximate surface area is 180 Å². The predicted octanol–water partition coefficient (Wildman–Crippen LogP) is 3.26. The Morgan fingerprint density at radius 2 is 1.90 bits per heavy atom. The molecule has 0 radical (unpaired) electrons. The zero-order valence-corrected chi connectivity index (χ0v) is 17.9. The lowest BCUT2D eigenvalue weighted by atomic mass is 10.1. The number of aromatic nitrogens is 3. The van der Waals surface area contributed by atoms with Gasteiger partial charge in [0.05, 0.1) is 22.5 Å². The number of pyridine rings is 2. The standard InChI is InChI=1S/C22H21N5O3S/c1-26-10-11-30-22-19(26)12-15(13-24-22)17-14-27(2)21-20(17)18(8-9-23-21)25-31(28,29)16-6-4-3-5-7-16/h3-9,12-14H,10-11H2,1-2H3,(H,23,25). The van der Waals surface area contributed by atoms with E-state index in [0.29, 0.717) is 29.2 Å². The number of fused-ring (bicyclic) bond motifs is 2. The van der Waals surface area contributed by atoms with Crippen LogP contribution in [0.1, 0.15) is 0 Å². The van der Waals surface area contributed by atoms with Crippen LogP contribution in [0.3, 0.4) is 0 Å². The van der Waals surface area contributed by atoms with Gasteiger partial charge in [-0.25, -0.2) is 18.4 Å². The summed E-state index contributed by atoms with van der Waals surface area (Å²) in [4.78, 5) is 11.2. The van der Waals surface area contributed by atoms with Gasteiger partial charge in [-0.05, 0) is 24.3 Å². The number of anilines is 2. The molecule has 8 nitrogen and oxygen atoms in total. The van der Waals surface area contributed by atoms with Crippen molar-refractivity contribution < 1.29 is 13.2 Å². The zero-order valence-electron chi connectivity index (χ0n) is 17.1. The Hall–Kier alpha value is -3.59. The molecule has 4 aromatic rings. The first-order valence-electron chi connectivity index (χ1n) is 9.80. The lowest BCUT2D eigenvalue weighted by Gasteiger charge is -2.26. The molecule has 31 heavy (non-hydrogen) atoms. The molecule has 1 N–H and O–H groups in total. The van der Waals surface area contributed by atoms with Crippen LogP contribution in [0.4, 0.5) is 11.4 Å². The number of nitrogens with zero attached hydrogens (tertiary/aromatic N) is 4. The van der Waals surface area contributed by atoms with Gasteiger partial charge in [0.2, 0.25) is 5.88 Å². The summed E-state index contributed by atoms with van der Waals surface area (Å²) >= 11 is 0. The number of nitrogens with one attached hydrogen (secondary N) is 1. The van der Waals surface area contributed by atoms with Crippen molar-refractivity contribution in [1.29, 1.82) is 0 Å². The molecule has 1 aliphatic rings. The van der Waals surface area contributed by atoms with E-state index in [-0.39, 0.29) is 4.90 Å². The van der Waals surface area contributed by atoms with E-state index in [0.717, 1.165) is 23.4 Å². The molecule has 0 saturated heterocycles. The molecule has 3 aromatic heterocycles. The second-order valence-corrected chi connectivity index (χ2v) is 9.13. The third kappa shape index (κ3) is 3.36. The Bertz CT molecular complexity index is 1380. The van der Waals surface area contributed by atoms with Gasteiger partial charge < -0.3 is 14.2 Å². The Morgan fingerprint density at radius 3 is 2.71 bits per heavy atom. The Balaban J connectivity index is 1.65. The van der Waals surface area contributed by atoms with E-state index in [9.17, 15) is 8.42 Å². The maximum absolute atomic E-state index is 13.0. The van der Waals surface area contributed by atoms with Crippen LogP contribution < -0.4 is 14.4 Å².